The van der Waals surface area contributed by atoms with Crippen molar-refractivity contribution in [3.05, 3.63) is 215 Å². The third-order valence-electron chi connectivity index (χ3n) is 13.6. The van der Waals surface area contributed by atoms with Gasteiger partial charge in [-0.15, -0.1) is 0 Å². The maximum absolute atomic E-state index is 14.4. The molecule has 0 bridgehead atoms. The molecule has 6 aromatic carbocycles. The minimum Gasteiger partial charge on any atom is -0.454 e. The van der Waals surface area contributed by atoms with Crippen molar-refractivity contribution < 1.29 is 95.5 Å². The lowest BCUT2D eigenvalue weighted by Gasteiger charge is -2.50. The summed E-state index contributed by atoms with van der Waals surface area (Å²) in [4.78, 5) is 98.0. The van der Waals surface area contributed by atoms with Crippen LogP contribution in [-0.4, -0.2) is 139 Å². The van der Waals surface area contributed by atoms with E-state index in [2.05, 4.69) is 0 Å². The summed E-state index contributed by atoms with van der Waals surface area (Å²) in [6.07, 6.45) is -25.0. The molecule has 0 spiro atoms. The highest BCUT2D eigenvalue weighted by molar-refractivity contribution is 5.92. The summed E-state index contributed by atoms with van der Waals surface area (Å²) in [6, 6.07) is 47.1. The molecule has 6 aromatic rings. The first-order valence-electron chi connectivity index (χ1n) is 26.3. The molecular formula is C62H58O20. The number of hydrogen-bond donors (Lipinski definition) is 1. The number of benzene rings is 6. The van der Waals surface area contributed by atoms with Crippen LogP contribution in [0.15, 0.2) is 182 Å². The Kier molecular flexibility index (Phi) is 18.9. The number of carbonyl (C=O) groups excluding carboxylic acids is 7. The fraction of sp³-hybridized carbons (Fsp3) is 0.306. The van der Waals surface area contributed by atoms with Crippen LogP contribution in [0.25, 0.3) is 0 Å². The number of aliphatic hydroxyl groups excluding tert-OH is 1. The van der Waals surface area contributed by atoms with E-state index in [-0.39, 0.29) is 33.4 Å². The van der Waals surface area contributed by atoms with E-state index in [4.69, 9.17) is 56.8 Å². The molecule has 20 heteroatoms. The van der Waals surface area contributed by atoms with Crippen molar-refractivity contribution in [1.82, 2.24) is 0 Å². The Morgan fingerprint density at radius 3 is 0.841 bits per heavy atom. The van der Waals surface area contributed by atoms with Crippen LogP contribution in [0.5, 0.6) is 0 Å². The molecule has 20 nitrogen and oxygen atoms in total. The molecular weight excluding hydrogens is 1060 g/mol. The first-order chi connectivity index (χ1) is 39.6. The van der Waals surface area contributed by atoms with Crippen LogP contribution in [0.3, 0.4) is 0 Å². The van der Waals surface area contributed by atoms with E-state index < -0.39 is 134 Å². The Labute approximate surface area is 470 Å². The molecule has 0 radical (unpaired) electrons. The second-order valence-corrected chi connectivity index (χ2v) is 19.3. The molecule has 3 fully saturated rings. The van der Waals surface area contributed by atoms with Gasteiger partial charge in [-0.3, -0.25) is 4.79 Å². The molecule has 0 aromatic heterocycles. The third-order valence-corrected chi connectivity index (χ3v) is 13.6. The van der Waals surface area contributed by atoms with Crippen LogP contribution in [-0.2, 0) is 61.6 Å². The van der Waals surface area contributed by atoms with Crippen molar-refractivity contribution in [2.24, 2.45) is 0 Å². The Hall–Kier alpha value is -8.63. The van der Waals surface area contributed by atoms with Crippen LogP contribution >= 0.6 is 0 Å². The van der Waals surface area contributed by atoms with Gasteiger partial charge in [0.05, 0.1) is 51.7 Å². The van der Waals surface area contributed by atoms with Gasteiger partial charge in [-0.25, -0.2) is 28.8 Å². The van der Waals surface area contributed by atoms with Crippen LogP contribution in [0.2, 0.25) is 0 Å². The van der Waals surface area contributed by atoms with Crippen molar-refractivity contribution >= 4 is 41.8 Å². The third kappa shape index (κ3) is 13.9. The SMILES string of the molecule is CC(=O)O[C@@H]1[C@@H](O[C@H]2[C@H](OC(=O)c3ccccc3)[C@@H](C)O[C@H](O)[C@H]2OC(=O)c2ccccc2)O[C@H](C)[C@@H](OC(=O)c2ccccc2)[C@@H]1O[C@H]1O[C@H](C)[C@@H](OC(=O)c2ccccc2)[C@H](OC(=O)c2ccccc2)[C@@H]1OC(=O)c1ccccc1. The second-order valence-electron chi connectivity index (χ2n) is 19.3. The van der Waals surface area contributed by atoms with Gasteiger partial charge in [0.25, 0.3) is 0 Å². The molecule has 3 aliphatic rings. The van der Waals surface area contributed by atoms with Gasteiger partial charge in [0.2, 0.25) is 0 Å². The Morgan fingerprint density at radius 1 is 0.305 bits per heavy atom. The van der Waals surface area contributed by atoms with E-state index >= 15 is 0 Å². The van der Waals surface area contributed by atoms with Crippen molar-refractivity contribution in [2.75, 3.05) is 0 Å². The maximum atomic E-state index is 14.4. The van der Waals surface area contributed by atoms with Gasteiger partial charge >= 0.3 is 41.8 Å². The van der Waals surface area contributed by atoms with Crippen LogP contribution in [0.1, 0.15) is 89.8 Å². The fourth-order valence-corrected chi connectivity index (χ4v) is 9.56. The number of carbonyl (C=O) groups is 7. The minimum atomic E-state index is -1.93. The minimum absolute atomic E-state index is 0.0318. The summed E-state index contributed by atoms with van der Waals surface area (Å²) < 4.78 is 75.3. The highest BCUT2D eigenvalue weighted by atomic mass is 16.8. The van der Waals surface area contributed by atoms with Gasteiger partial charge in [-0.2, -0.15) is 0 Å². The molecule has 3 aliphatic heterocycles. The van der Waals surface area contributed by atoms with E-state index in [1.807, 2.05) is 0 Å². The number of hydrogen-bond acceptors (Lipinski definition) is 20. The van der Waals surface area contributed by atoms with Gasteiger partial charge in [-0.1, -0.05) is 109 Å². The van der Waals surface area contributed by atoms with Crippen molar-refractivity contribution in [1.29, 1.82) is 0 Å². The average Bonchev–Trinajstić information content (AvgIpc) is 3.56. The number of esters is 7. The lowest BCUT2D eigenvalue weighted by Crippen LogP contribution is -2.67. The van der Waals surface area contributed by atoms with Crippen molar-refractivity contribution in [3.63, 3.8) is 0 Å². The van der Waals surface area contributed by atoms with E-state index in [0.29, 0.717) is 0 Å². The standard InChI is InChI=1S/C62H58O20/c1-35-45(75-54(64)39-23-11-5-12-24-39)48(51(60(70)71-35)79-58(68)43-31-19-9-20-32-43)81-61-52(74-38(4)63)50(47(37(3)72-61)77-56(66)41-27-15-7-16-28-41)82-62-53(80-59(69)44-33-21-10-22-34-44)49(78-57(67)42-29-17-8-18-30-42)46(36(2)73-62)76-55(65)40-25-13-6-14-26-40/h5-37,45-53,60-62,70H,1-4H3/t35-,36-,37-,45-,46-,47-,48+,49+,50+,51+,52+,53+,60+,61-,62-/m1/s1. The van der Waals surface area contributed by atoms with Gasteiger partial charge in [-0.05, 0) is 93.6 Å². The molecule has 3 saturated heterocycles. The summed E-state index contributed by atoms with van der Waals surface area (Å²) in [6.45, 7) is 5.49. The Balaban J connectivity index is 1.15. The zero-order valence-corrected chi connectivity index (χ0v) is 44.7. The van der Waals surface area contributed by atoms with E-state index in [1.54, 1.807) is 109 Å². The smallest absolute Gasteiger partial charge is 0.338 e. The highest BCUT2D eigenvalue weighted by Gasteiger charge is 2.59. The second kappa shape index (κ2) is 26.8. The summed E-state index contributed by atoms with van der Waals surface area (Å²) >= 11 is 0. The maximum Gasteiger partial charge on any atom is 0.338 e. The van der Waals surface area contributed by atoms with Gasteiger partial charge in [0, 0.05) is 6.92 Å². The average molecular weight is 1120 g/mol. The predicted octanol–water partition coefficient (Wildman–Crippen LogP) is 7.27. The topological polar surface area (TPSA) is 250 Å². The molecule has 0 amide bonds. The zero-order chi connectivity index (χ0) is 57.9. The van der Waals surface area contributed by atoms with E-state index in [1.165, 1.54) is 93.6 Å². The highest BCUT2D eigenvalue weighted by Crippen LogP contribution is 2.39. The number of ether oxygens (including phenoxy) is 12. The number of aliphatic hydroxyl groups is 1. The lowest BCUT2D eigenvalue weighted by atomic mass is 9.95. The molecule has 82 heavy (non-hydrogen) atoms. The fourth-order valence-electron chi connectivity index (χ4n) is 9.56. The van der Waals surface area contributed by atoms with Gasteiger partial charge in [0.15, 0.2) is 61.6 Å². The van der Waals surface area contributed by atoms with E-state index in [9.17, 15) is 38.7 Å². The molecule has 9 rings (SSSR count). The largest absolute Gasteiger partial charge is 0.454 e. The summed E-state index contributed by atoms with van der Waals surface area (Å²) in [7, 11) is 0. The molecule has 3 heterocycles. The molecule has 426 valence electrons. The quantitative estimate of drug-likeness (QED) is 0.0696. The summed E-state index contributed by atoms with van der Waals surface area (Å²) in [5.74, 6) is -6.44. The predicted molar refractivity (Wildman–Crippen MR) is 284 cm³/mol. The van der Waals surface area contributed by atoms with Crippen LogP contribution in [0, 0.1) is 0 Å². The zero-order valence-electron chi connectivity index (χ0n) is 44.7. The van der Waals surface area contributed by atoms with Crippen LogP contribution < -0.4 is 0 Å². The first kappa shape index (κ1) is 58.0. The summed E-state index contributed by atoms with van der Waals surface area (Å²) in [5, 5.41) is 11.6. The van der Waals surface area contributed by atoms with Crippen LogP contribution in [0.4, 0.5) is 0 Å². The van der Waals surface area contributed by atoms with Gasteiger partial charge in [0.1, 0.15) is 12.2 Å². The van der Waals surface area contributed by atoms with Gasteiger partial charge < -0.3 is 61.9 Å². The Morgan fingerprint density at radius 2 is 0.537 bits per heavy atom. The molecule has 1 N–H and O–H groups in total. The number of rotatable bonds is 17. The first-order valence-corrected chi connectivity index (χ1v) is 26.3. The lowest BCUT2D eigenvalue weighted by molar-refractivity contribution is -0.371. The summed E-state index contributed by atoms with van der Waals surface area (Å²) in [5.41, 5.74) is 0.479. The van der Waals surface area contributed by atoms with Crippen molar-refractivity contribution in [3.8, 4) is 0 Å². The monoisotopic (exact) mass is 1120 g/mol. The Bertz CT molecular complexity index is 3070. The molecule has 0 aliphatic carbocycles. The van der Waals surface area contributed by atoms with Crippen molar-refractivity contribution in [2.45, 2.75) is 120 Å². The molecule has 0 unspecified atom stereocenters. The van der Waals surface area contributed by atoms with E-state index in [0.717, 1.165) is 6.92 Å². The molecule has 0 saturated carbocycles. The molecule has 15 atom stereocenters. The normalized spacial score (nSPS) is 27.7.